The average molecular weight is 334 g/mol. The van der Waals surface area contributed by atoms with E-state index in [9.17, 15) is 4.79 Å². The van der Waals surface area contributed by atoms with E-state index in [1.165, 1.54) is 25.7 Å². The van der Waals surface area contributed by atoms with Crippen LogP contribution in [0.15, 0.2) is 0 Å². The van der Waals surface area contributed by atoms with Crippen LogP contribution < -0.4 is 4.90 Å². The van der Waals surface area contributed by atoms with Crippen molar-refractivity contribution in [3.8, 4) is 0 Å². The minimum atomic E-state index is 0.152. The first kappa shape index (κ1) is 17.2. The Morgan fingerprint density at radius 2 is 1.88 bits per heavy atom. The maximum Gasteiger partial charge on any atom is 0.245 e. The molecule has 2 fully saturated rings. The first-order valence-corrected chi connectivity index (χ1v) is 9.24. The van der Waals surface area contributed by atoms with Gasteiger partial charge in [-0.2, -0.15) is 0 Å². The molecule has 1 aromatic heterocycles. The molecule has 3 rings (SSSR count). The number of carbonyl (C=O) groups is 1. The van der Waals surface area contributed by atoms with Gasteiger partial charge in [0.25, 0.3) is 0 Å². The van der Waals surface area contributed by atoms with E-state index in [1.807, 2.05) is 9.58 Å². The van der Waals surface area contributed by atoms with Gasteiger partial charge in [0.1, 0.15) is 0 Å². The molecular weight excluding hydrogens is 304 g/mol. The molecule has 0 aromatic carbocycles. The van der Waals surface area contributed by atoms with Crippen molar-refractivity contribution in [1.29, 1.82) is 0 Å². The van der Waals surface area contributed by atoms with Crippen molar-refractivity contribution in [2.45, 2.75) is 59.4 Å². The Morgan fingerprint density at radius 3 is 2.58 bits per heavy atom. The van der Waals surface area contributed by atoms with E-state index in [2.05, 4.69) is 34.3 Å². The summed E-state index contributed by atoms with van der Waals surface area (Å²) in [6, 6.07) is 0. The average Bonchev–Trinajstić information content (AvgIpc) is 3.15. The molecule has 1 aromatic rings. The lowest BCUT2D eigenvalue weighted by atomic mass is 9.78. The van der Waals surface area contributed by atoms with E-state index in [0.717, 1.165) is 51.0 Å². The van der Waals surface area contributed by atoms with Crippen LogP contribution >= 0.6 is 0 Å². The highest BCUT2D eigenvalue weighted by Crippen LogP contribution is 2.40. The van der Waals surface area contributed by atoms with Gasteiger partial charge in [-0.05, 0) is 41.0 Å². The molecule has 2 aliphatic rings. The minimum absolute atomic E-state index is 0.152. The standard InChI is InChI=1S/C17H30N6O/c1-14(24)21-9-6-10-22(12-11-21)16-18-19-20-23(16)13-17(2,3)15-7-4-5-8-15/h15H,4-13H2,1-3H3. The molecule has 7 nitrogen and oxygen atoms in total. The molecular formula is C17H30N6O. The topological polar surface area (TPSA) is 67.2 Å². The number of carbonyl (C=O) groups excluding carboxylic acids is 1. The predicted molar refractivity (Wildman–Crippen MR) is 92.6 cm³/mol. The van der Waals surface area contributed by atoms with Gasteiger partial charge in [-0.3, -0.25) is 4.79 Å². The quantitative estimate of drug-likeness (QED) is 0.842. The van der Waals surface area contributed by atoms with Crippen molar-refractivity contribution in [2.75, 3.05) is 31.1 Å². The van der Waals surface area contributed by atoms with Gasteiger partial charge in [-0.1, -0.05) is 31.8 Å². The largest absolute Gasteiger partial charge is 0.341 e. The lowest BCUT2D eigenvalue weighted by molar-refractivity contribution is -0.128. The van der Waals surface area contributed by atoms with Gasteiger partial charge >= 0.3 is 0 Å². The lowest BCUT2D eigenvalue weighted by Crippen LogP contribution is -2.35. The van der Waals surface area contributed by atoms with E-state index in [-0.39, 0.29) is 11.3 Å². The fourth-order valence-corrected chi connectivity index (χ4v) is 4.18. The second-order valence-corrected chi connectivity index (χ2v) is 7.95. The zero-order valence-electron chi connectivity index (χ0n) is 15.2. The monoisotopic (exact) mass is 334 g/mol. The predicted octanol–water partition coefficient (Wildman–Crippen LogP) is 1.95. The first-order valence-electron chi connectivity index (χ1n) is 9.24. The van der Waals surface area contributed by atoms with Crippen molar-refractivity contribution < 1.29 is 4.79 Å². The van der Waals surface area contributed by atoms with E-state index in [0.29, 0.717) is 0 Å². The fraction of sp³-hybridized carbons (Fsp3) is 0.882. The van der Waals surface area contributed by atoms with Crippen LogP contribution in [0.3, 0.4) is 0 Å². The molecule has 0 N–H and O–H groups in total. The summed E-state index contributed by atoms with van der Waals surface area (Å²) in [5.41, 5.74) is 0.206. The Hall–Kier alpha value is -1.66. The molecule has 1 amide bonds. The molecule has 1 saturated heterocycles. The normalized spacial score (nSPS) is 20.5. The lowest BCUT2D eigenvalue weighted by Gasteiger charge is -2.32. The summed E-state index contributed by atoms with van der Waals surface area (Å²) in [7, 11) is 0. The highest BCUT2D eigenvalue weighted by molar-refractivity contribution is 5.73. The molecule has 0 spiro atoms. The molecule has 24 heavy (non-hydrogen) atoms. The number of tetrazole rings is 1. The van der Waals surface area contributed by atoms with Crippen LogP contribution in [0.4, 0.5) is 5.95 Å². The third-order valence-electron chi connectivity index (χ3n) is 5.75. The first-order chi connectivity index (χ1) is 11.5. The summed E-state index contributed by atoms with van der Waals surface area (Å²) >= 11 is 0. The zero-order chi connectivity index (χ0) is 17.2. The summed E-state index contributed by atoms with van der Waals surface area (Å²) in [6.07, 6.45) is 6.30. The van der Waals surface area contributed by atoms with Crippen molar-refractivity contribution in [3.05, 3.63) is 0 Å². The summed E-state index contributed by atoms with van der Waals surface area (Å²) in [6.45, 7) is 10.4. The third-order valence-corrected chi connectivity index (χ3v) is 5.75. The van der Waals surface area contributed by atoms with E-state index in [1.54, 1.807) is 6.92 Å². The SMILES string of the molecule is CC(=O)N1CCCN(c2nnnn2CC(C)(C)C2CCCC2)CC1. The van der Waals surface area contributed by atoms with Gasteiger partial charge in [-0.15, -0.1) is 0 Å². The molecule has 2 heterocycles. The summed E-state index contributed by atoms with van der Waals surface area (Å²) in [5, 5.41) is 12.5. The number of rotatable bonds is 4. The minimum Gasteiger partial charge on any atom is -0.341 e. The van der Waals surface area contributed by atoms with Crippen molar-refractivity contribution in [3.63, 3.8) is 0 Å². The molecule has 0 unspecified atom stereocenters. The molecule has 1 aliphatic carbocycles. The van der Waals surface area contributed by atoms with Gasteiger partial charge in [0.15, 0.2) is 0 Å². The van der Waals surface area contributed by atoms with Crippen molar-refractivity contribution in [2.24, 2.45) is 11.3 Å². The van der Waals surface area contributed by atoms with Gasteiger partial charge in [0, 0.05) is 33.1 Å². The Balaban J connectivity index is 1.69. The van der Waals surface area contributed by atoms with Gasteiger partial charge in [-0.25, -0.2) is 4.68 Å². The van der Waals surface area contributed by atoms with Gasteiger partial charge < -0.3 is 9.80 Å². The second-order valence-electron chi connectivity index (χ2n) is 7.95. The summed E-state index contributed by atoms with van der Waals surface area (Å²) in [4.78, 5) is 15.8. The zero-order valence-corrected chi connectivity index (χ0v) is 15.2. The third kappa shape index (κ3) is 3.70. The van der Waals surface area contributed by atoms with Crippen LogP contribution in [0, 0.1) is 11.3 Å². The maximum absolute atomic E-state index is 11.6. The molecule has 0 bridgehead atoms. The van der Waals surface area contributed by atoms with E-state index in [4.69, 9.17) is 0 Å². The summed E-state index contributed by atoms with van der Waals surface area (Å²) < 4.78 is 1.97. The fourth-order valence-electron chi connectivity index (χ4n) is 4.18. The number of amides is 1. The van der Waals surface area contributed by atoms with Crippen LogP contribution in [0.5, 0.6) is 0 Å². The number of hydrogen-bond donors (Lipinski definition) is 0. The highest BCUT2D eigenvalue weighted by Gasteiger charge is 2.34. The number of aromatic nitrogens is 4. The molecule has 1 saturated carbocycles. The van der Waals surface area contributed by atoms with Crippen LogP contribution in [-0.2, 0) is 11.3 Å². The molecule has 134 valence electrons. The van der Waals surface area contributed by atoms with E-state index >= 15 is 0 Å². The van der Waals surface area contributed by atoms with Crippen molar-refractivity contribution in [1.82, 2.24) is 25.1 Å². The van der Waals surface area contributed by atoms with Gasteiger partial charge in [0.05, 0.1) is 6.54 Å². The summed E-state index contributed by atoms with van der Waals surface area (Å²) in [5.74, 6) is 1.76. The second kappa shape index (κ2) is 7.07. The number of nitrogens with zero attached hydrogens (tertiary/aromatic N) is 6. The van der Waals surface area contributed by atoms with Crippen LogP contribution in [0.25, 0.3) is 0 Å². The Labute approximate surface area is 144 Å². The molecule has 7 heteroatoms. The van der Waals surface area contributed by atoms with Crippen LogP contribution in [-0.4, -0.2) is 57.2 Å². The van der Waals surface area contributed by atoms with Crippen molar-refractivity contribution >= 4 is 11.9 Å². The van der Waals surface area contributed by atoms with E-state index < -0.39 is 0 Å². The maximum atomic E-state index is 11.6. The number of anilines is 1. The molecule has 0 radical (unpaired) electrons. The van der Waals surface area contributed by atoms with Crippen LogP contribution in [0.1, 0.15) is 52.9 Å². The Morgan fingerprint density at radius 1 is 1.12 bits per heavy atom. The smallest absolute Gasteiger partial charge is 0.245 e. The highest BCUT2D eigenvalue weighted by atomic mass is 16.2. The molecule has 1 aliphatic heterocycles. The van der Waals surface area contributed by atoms with Gasteiger partial charge in [0.2, 0.25) is 11.9 Å². The Bertz CT molecular complexity index is 563. The Kier molecular flexibility index (Phi) is 5.06. The van der Waals surface area contributed by atoms with Crippen LogP contribution in [0.2, 0.25) is 0 Å². The molecule has 0 atom stereocenters. The number of hydrogen-bond acceptors (Lipinski definition) is 5.